The van der Waals surface area contributed by atoms with E-state index in [1.807, 2.05) is 4.90 Å². The molecule has 0 aliphatic carbocycles. The maximum atomic E-state index is 12.8. The number of carbonyl (C=O) groups excluding carboxylic acids is 1. The number of hydrogen-bond donors (Lipinski definition) is 1. The van der Waals surface area contributed by atoms with Gasteiger partial charge in [-0.15, -0.1) is 0 Å². The molecule has 132 valence electrons. The number of nitrogens with zero attached hydrogens (tertiary/aromatic N) is 2. The lowest BCUT2D eigenvalue weighted by Crippen LogP contribution is -2.55. The molecule has 1 aromatic carbocycles. The highest BCUT2D eigenvalue weighted by atomic mass is 19.4. The van der Waals surface area contributed by atoms with Gasteiger partial charge in [0, 0.05) is 45.0 Å². The Morgan fingerprint density at radius 3 is 2.58 bits per heavy atom. The van der Waals surface area contributed by atoms with Crippen molar-refractivity contribution in [2.45, 2.75) is 12.3 Å². The number of nitrogens with one attached hydrogen (secondary N) is 1. The summed E-state index contributed by atoms with van der Waals surface area (Å²) in [4.78, 5) is 16.0. The molecule has 1 N–H and O–H groups in total. The summed E-state index contributed by atoms with van der Waals surface area (Å²) < 4.78 is 43.9. The standard InChI is InChI=1S/C16H20F3N3O2/c17-16(18,19)12-2-1-3-13(10-12)21-5-7-22(8-6-21)15(23)14-11-20-4-9-24-14/h1-3,10,14,20H,4-9,11H2. The molecule has 2 heterocycles. The molecule has 3 rings (SSSR count). The minimum Gasteiger partial charge on any atom is -0.368 e. The maximum absolute atomic E-state index is 12.8. The Kier molecular flexibility index (Phi) is 4.96. The summed E-state index contributed by atoms with van der Waals surface area (Å²) in [6, 6.07) is 5.31. The Hall–Kier alpha value is -1.80. The van der Waals surface area contributed by atoms with Crippen LogP contribution in [0.3, 0.4) is 0 Å². The second-order valence-corrected chi connectivity index (χ2v) is 5.92. The Morgan fingerprint density at radius 1 is 1.21 bits per heavy atom. The van der Waals surface area contributed by atoms with Crippen LogP contribution >= 0.6 is 0 Å². The van der Waals surface area contributed by atoms with Crippen molar-refractivity contribution in [2.75, 3.05) is 50.8 Å². The number of morpholine rings is 1. The summed E-state index contributed by atoms with van der Waals surface area (Å²) in [5.41, 5.74) is -0.118. The molecule has 2 aliphatic rings. The van der Waals surface area contributed by atoms with Crippen LogP contribution in [-0.4, -0.2) is 62.8 Å². The van der Waals surface area contributed by atoms with Crippen LogP contribution in [0.4, 0.5) is 18.9 Å². The lowest BCUT2D eigenvalue weighted by Gasteiger charge is -2.38. The van der Waals surface area contributed by atoms with Crippen molar-refractivity contribution in [1.29, 1.82) is 0 Å². The van der Waals surface area contributed by atoms with Crippen molar-refractivity contribution in [3.05, 3.63) is 29.8 Å². The van der Waals surface area contributed by atoms with Gasteiger partial charge < -0.3 is 19.9 Å². The van der Waals surface area contributed by atoms with Crippen molar-refractivity contribution in [3.8, 4) is 0 Å². The van der Waals surface area contributed by atoms with Crippen molar-refractivity contribution < 1.29 is 22.7 Å². The van der Waals surface area contributed by atoms with E-state index >= 15 is 0 Å². The summed E-state index contributed by atoms with van der Waals surface area (Å²) in [5.74, 6) is -0.0501. The molecule has 0 radical (unpaired) electrons. The van der Waals surface area contributed by atoms with Crippen LogP contribution < -0.4 is 10.2 Å². The number of ether oxygens (including phenoxy) is 1. The smallest absolute Gasteiger partial charge is 0.368 e. The van der Waals surface area contributed by atoms with Gasteiger partial charge in [0.25, 0.3) is 5.91 Å². The predicted molar refractivity (Wildman–Crippen MR) is 82.8 cm³/mol. The monoisotopic (exact) mass is 343 g/mol. The first-order valence-electron chi connectivity index (χ1n) is 7.98. The van der Waals surface area contributed by atoms with Crippen molar-refractivity contribution >= 4 is 11.6 Å². The molecule has 1 atom stereocenters. The average Bonchev–Trinajstić information content (AvgIpc) is 2.61. The Labute approximate surface area is 138 Å². The average molecular weight is 343 g/mol. The number of carbonyl (C=O) groups is 1. The molecule has 8 heteroatoms. The fraction of sp³-hybridized carbons (Fsp3) is 0.562. The highest BCUT2D eigenvalue weighted by molar-refractivity contribution is 5.81. The normalized spacial score (nSPS) is 22.5. The van der Waals surface area contributed by atoms with E-state index in [0.29, 0.717) is 45.0 Å². The first-order valence-corrected chi connectivity index (χ1v) is 7.98. The van der Waals surface area contributed by atoms with Crippen LogP contribution in [0.2, 0.25) is 0 Å². The van der Waals surface area contributed by atoms with E-state index < -0.39 is 17.8 Å². The van der Waals surface area contributed by atoms with Gasteiger partial charge in [-0.1, -0.05) is 6.07 Å². The number of piperazine rings is 1. The number of hydrogen-bond acceptors (Lipinski definition) is 4. The fourth-order valence-corrected chi connectivity index (χ4v) is 2.99. The molecule has 1 amide bonds. The first-order chi connectivity index (χ1) is 11.4. The highest BCUT2D eigenvalue weighted by Crippen LogP contribution is 2.31. The van der Waals surface area contributed by atoms with Gasteiger partial charge >= 0.3 is 6.18 Å². The van der Waals surface area contributed by atoms with E-state index in [4.69, 9.17) is 4.74 Å². The number of amides is 1. The first kappa shape index (κ1) is 17.0. The van der Waals surface area contributed by atoms with Gasteiger partial charge in [0.05, 0.1) is 12.2 Å². The van der Waals surface area contributed by atoms with Gasteiger partial charge in [-0.25, -0.2) is 0 Å². The minimum atomic E-state index is -4.35. The number of halogens is 3. The highest BCUT2D eigenvalue weighted by Gasteiger charge is 2.32. The molecule has 0 saturated carbocycles. The Bertz CT molecular complexity index is 580. The molecular formula is C16H20F3N3O2. The minimum absolute atomic E-state index is 0.0501. The third-order valence-corrected chi connectivity index (χ3v) is 4.33. The quantitative estimate of drug-likeness (QED) is 0.880. The van der Waals surface area contributed by atoms with Crippen LogP contribution in [0.5, 0.6) is 0 Å². The van der Waals surface area contributed by atoms with Crippen molar-refractivity contribution in [2.24, 2.45) is 0 Å². The molecule has 5 nitrogen and oxygen atoms in total. The third-order valence-electron chi connectivity index (χ3n) is 4.33. The molecule has 0 spiro atoms. The van der Waals surface area contributed by atoms with E-state index in [2.05, 4.69) is 5.32 Å². The van der Waals surface area contributed by atoms with Crippen molar-refractivity contribution in [1.82, 2.24) is 10.2 Å². The van der Waals surface area contributed by atoms with Crippen LogP contribution in [0.15, 0.2) is 24.3 Å². The second-order valence-electron chi connectivity index (χ2n) is 5.92. The van der Waals surface area contributed by atoms with Gasteiger partial charge in [-0.2, -0.15) is 13.2 Å². The zero-order valence-electron chi connectivity index (χ0n) is 13.2. The molecule has 0 bridgehead atoms. The summed E-state index contributed by atoms with van der Waals surface area (Å²) >= 11 is 0. The maximum Gasteiger partial charge on any atom is 0.416 e. The predicted octanol–water partition coefficient (Wildman–Crippen LogP) is 1.34. The Balaban J connectivity index is 1.60. The van der Waals surface area contributed by atoms with Crippen molar-refractivity contribution in [3.63, 3.8) is 0 Å². The Morgan fingerprint density at radius 2 is 1.96 bits per heavy atom. The molecule has 24 heavy (non-hydrogen) atoms. The van der Waals surface area contributed by atoms with E-state index in [1.165, 1.54) is 6.07 Å². The number of benzene rings is 1. The lowest BCUT2D eigenvalue weighted by molar-refractivity contribution is -0.145. The summed E-state index contributed by atoms with van der Waals surface area (Å²) in [7, 11) is 0. The topological polar surface area (TPSA) is 44.8 Å². The van der Waals surface area contributed by atoms with Crippen LogP contribution in [0, 0.1) is 0 Å². The van der Waals surface area contributed by atoms with Gasteiger partial charge in [-0.05, 0) is 18.2 Å². The van der Waals surface area contributed by atoms with Gasteiger partial charge in [-0.3, -0.25) is 4.79 Å². The molecule has 2 saturated heterocycles. The van der Waals surface area contributed by atoms with Gasteiger partial charge in [0.2, 0.25) is 0 Å². The molecule has 1 aromatic rings. The van der Waals surface area contributed by atoms with E-state index in [-0.39, 0.29) is 5.91 Å². The largest absolute Gasteiger partial charge is 0.416 e. The van der Waals surface area contributed by atoms with E-state index in [1.54, 1.807) is 11.0 Å². The zero-order valence-corrected chi connectivity index (χ0v) is 13.2. The van der Waals surface area contributed by atoms with Gasteiger partial charge in [0.1, 0.15) is 6.10 Å². The zero-order chi connectivity index (χ0) is 17.2. The SMILES string of the molecule is O=C(C1CNCCO1)N1CCN(c2cccc(C(F)(F)F)c2)CC1. The molecule has 0 aromatic heterocycles. The number of anilines is 1. The summed E-state index contributed by atoms with van der Waals surface area (Å²) in [6.45, 7) is 3.74. The lowest BCUT2D eigenvalue weighted by atomic mass is 10.1. The molecule has 2 aliphatic heterocycles. The van der Waals surface area contributed by atoms with Crippen LogP contribution in [0.1, 0.15) is 5.56 Å². The number of alkyl halides is 3. The summed E-state index contributed by atoms with van der Waals surface area (Å²) in [5, 5.41) is 3.12. The van der Waals surface area contributed by atoms with Gasteiger partial charge in [0.15, 0.2) is 0 Å². The van der Waals surface area contributed by atoms with E-state index in [9.17, 15) is 18.0 Å². The van der Waals surface area contributed by atoms with E-state index in [0.717, 1.165) is 18.7 Å². The molecule has 1 unspecified atom stereocenters. The van der Waals surface area contributed by atoms with Crippen LogP contribution in [0.25, 0.3) is 0 Å². The number of rotatable bonds is 2. The second kappa shape index (κ2) is 6.98. The summed E-state index contributed by atoms with van der Waals surface area (Å²) in [6.07, 6.45) is -4.81. The molecule has 2 fully saturated rings. The fourth-order valence-electron chi connectivity index (χ4n) is 2.99. The third kappa shape index (κ3) is 3.81. The molecular weight excluding hydrogens is 323 g/mol. The van der Waals surface area contributed by atoms with Crippen LogP contribution in [-0.2, 0) is 15.7 Å².